The van der Waals surface area contributed by atoms with Crippen molar-refractivity contribution in [1.29, 1.82) is 0 Å². The number of esters is 1. The topological polar surface area (TPSA) is 105 Å². The molecule has 9 heteroatoms. The van der Waals surface area contributed by atoms with Gasteiger partial charge in [-0.25, -0.2) is 4.79 Å². The highest BCUT2D eigenvalue weighted by molar-refractivity contribution is 6.09. The largest absolute Gasteiger partial charge is 0.462 e. The maximum atomic E-state index is 13.1. The number of para-hydroxylation sites is 1. The van der Waals surface area contributed by atoms with Crippen molar-refractivity contribution in [3.63, 3.8) is 0 Å². The minimum absolute atomic E-state index is 0.0531. The number of nitrogens with zero attached hydrogens (tertiary/aromatic N) is 3. The maximum Gasteiger partial charge on any atom is 0.338 e. The average Bonchev–Trinajstić information content (AvgIpc) is 2.90. The van der Waals surface area contributed by atoms with Gasteiger partial charge in [-0.3, -0.25) is 19.8 Å². The molecule has 1 saturated heterocycles. The van der Waals surface area contributed by atoms with Crippen LogP contribution in [0.2, 0.25) is 0 Å². The van der Waals surface area contributed by atoms with Gasteiger partial charge in [-0.05, 0) is 36.8 Å². The van der Waals surface area contributed by atoms with E-state index >= 15 is 0 Å². The van der Waals surface area contributed by atoms with Crippen molar-refractivity contribution in [2.24, 2.45) is 0 Å². The number of anilines is 2. The number of ether oxygens (including phenoxy) is 1. The molecule has 0 bridgehead atoms. The highest BCUT2D eigenvalue weighted by Crippen LogP contribution is 2.30. The summed E-state index contributed by atoms with van der Waals surface area (Å²) in [5.74, 6) is -1.12. The van der Waals surface area contributed by atoms with E-state index in [0.29, 0.717) is 11.3 Å². The zero-order chi connectivity index (χ0) is 25.5. The second-order valence-corrected chi connectivity index (χ2v) is 8.43. The third kappa shape index (κ3) is 5.87. The Kier molecular flexibility index (Phi) is 7.92. The van der Waals surface area contributed by atoms with Crippen molar-refractivity contribution in [3.05, 3.63) is 99.6 Å². The van der Waals surface area contributed by atoms with E-state index in [0.717, 1.165) is 38.4 Å². The number of hydrogen-bond acceptors (Lipinski definition) is 7. The summed E-state index contributed by atoms with van der Waals surface area (Å²) in [6, 6.07) is 21.1. The van der Waals surface area contributed by atoms with E-state index in [4.69, 9.17) is 4.74 Å². The summed E-state index contributed by atoms with van der Waals surface area (Å²) in [5, 5.41) is 14.2. The third-order valence-electron chi connectivity index (χ3n) is 6.06. The molecule has 3 aromatic carbocycles. The summed E-state index contributed by atoms with van der Waals surface area (Å²) in [7, 11) is 0. The Balaban J connectivity index is 1.56. The van der Waals surface area contributed by atoms with Gasteiger partial charge in [-0.1, -0.05) is 42.5 Å². The van der Waals surface area contributed by atoms with Crippen LogP contribution in [0.1, 0.15) is 33.2 Å². The summed E-state index contributed by atoms with van der Waals surface area (Å²) in [5.41, 5.74) is 2.35. The lowest BCUT2D eigenvalue weighted by atomic mass is 10.1. The Morgan fingerprint density at radius 2 is 1.67 bits per heavy atom. The van der Waals surface area contributed by atoms with E-state index < -0.39 is 16.8 Å². The number of piperazine rings is 1. The van der Waals surface area contributed by atoms with Gasteiger partial charge in [0.25, 0.3) is 11.6 Å². The second kappa shape index (κ2) is 11.5. The van der Waals surface area contributed by atoms with Crippen LogP contribution in [0, 0.1) is 10.1 Å². The predicted octanol–water partition coefficient (Wildman–Crippen LogP) is 4.35. The van der Waals surface area contributed by atoms with Crippen LogP contribution in [-0.2, 0) is 11.3 Å². The first kappa shape index (κ1) is 24.9. The molecule has 4 rings (SSSR count). The molecule has 1 aliphatic rings. The Bertz CT molecular complexity index is 1240. The van der Waals surface area contributed by atoms with Gasteiger partial charge in [0.2, 0.25) is 0 Å². The van der Waals surface area contributed by atoms with E-state index in [9.17, 15) is 19.7 Å². The number of carbonyl (C=O) groups is 2. The monoisotopic (exact) mass is 488 g/mol. The third-order valence-corrected chi connectivity index (χ3v) is 6.06. The molecule has 0 atom stereocenters. The number of rotatable bonds is 8. The van der Waals surface area contributed by atoms with Crippen LogP contribution in [0.25, 0.3) is 0 Å². The number of nitro benzene ring substituents is 1. The van der Waals surface area contributed by atoms with Gasteiger partial charge in [0.05, 0.1) is 28.5 Å². The summed E-state index contributed by atoms with van der Waals surface area (Å²) >= 11 is 0. The van der Waals surface area contributed by atoms with Crippen LogP contribution < -0.4 is 10.2 Å². The summed E-state index contributed by atoms with van der Waals surface area (Å²) in [4.78, 5) is 40.8. The zero-order valence-corrected chi connectivity index (χ0v) is 20.1. The molecule has 1 heterocycles. The molecule has 0 saturated carbocycles. The van der Waals surface area contributed by atoms with Gasteiger partial charge < -0.3 is 15.0 Å². The lowest BCUT2D eigenvalue weighted by Crippen LogP contribution is -2.46. The molecule has 0 radical (unpaired) electrons. The minimum Gasteiger partial charge on any atom is -0.462 e. The molecule has 9 nitrogen and oxygen atoms in total. The Hall–Kier alpha value is -4.24. The molecule has 0 aliphatic carbocycles. The number of carbonyl (C=O) groups excluding carboxylic acids is 2. The first-order valence-electron chi connectivity index (χ1n) is 11.8. The van der Waals surface area contributed by atoms with Crippen molar-refractivity contribution in [1.82, 2.24) is 4.90 Å². The molecule has 1 amide bonds. The first-order chi connectivity index (χ1) is 17.5. The van der Waals surface area contributed by atoms with Crippen LogP contribution in [0.5, 0.6) is 0 Å². The number of nitrogens with one attached hydrogen (secondary N) is 1. The van der Waals surface area contributed by atoms with Gasteiger partial charge >= 0.3 is 5.97 Å². The van der Waals surface area contributed by atoms with Gasteiger partial charge in [-0.15, -0.1) is 0 Å². The summed E-state index contributed by atoms with van der Waals surface area (Å²) in [6.45, 7) is 5.90. The Morgan fingerprint density at radius 3 is 2.36 bits per heavy atom. The maximum absolute atomic E-state index is 13.1. The molecule has 3 aromatic rings. The van der Waals surface area contributed by atoms with Crippen LogP contribution >= 0.6 is 0 Å². The fourth-order valence-electron chi connectivity index (χ4n) is 4.26. The van der Waals surface area contributed by atoms with E-state index in [-0.39, 0.29) is 17.9 Å². The Labute approximate surface area is 209 Å². The van der Waals surface area contributed by atoms with Crippen LogP contribution in [-0.4, -0.2) is 54.5 Å². The summed E-state index contributed by atoms with van der Waals surface area (Å²) < 4.78 is 5.12. The first-order valence-corrected chi connectivity index (χ1v) is 11.8. The van der Waals surface area contributed by atoms with Crippen molar-refractivity contribution in [2.45, 2.75) is 13.5 Å². The molecule has 36 heavy (non-hydrogen) atoms. The molecular formula is C27H28N4O5. The second-order valence-electron chi connectivity index (χ2n) is 8.43. The lowest BCUT2D eigenvalue weighted by Gasteiger charge is -2.37. The molecule has 1 N–H and O–H groups in total. The number of hydrogen-bond donors (Lipinski definition) is 1. The van der Waals surface area contributed by atoms with Gasteiger partial charge in [0.1, 0.15) is 5.56 Å². The highest BCUT2D eigenvalue weighted by atomic mass is 16.6. The van der Waals surface area contributed by atoms with E-state index in [1.807, 2.05) is 18.2 Å². The summed E-state index contributed by atoms with van der Waals surface area (Å²) in [6.07, 6.45) is 0. The molecule has 1 aliphatic heterocycles. The molecule has 1 fully saturated rings. The van der Waals surface area contributed by atoms with Crippen LogP contribution in [0.3, 0.4) is 0 Å². The molecule has 186 valence electrons. The normalized spacial score (nSPS) is 13.8. The van der Waals surface area contributed by atoms with Crippen molar-refractivity contribution >= 4 is 28.9 Å². The fraction of sp³-hybridized carbons (Fsp3) is 0.259. The van der Waals surface area contributed by atoms with Gasteiger partial charge in [0.15, 0.2) is 0 Å². The van der Waals surface area contributed by atoms with E-state index in [1.54, 1.807) is 31.2 Å². The van der Waals surface area contributed by atoms with Crippen LogP contribution in [0.15, 0.2) is 72.8 Å². The molecule has 0 unspecified atom stereocenters. The van der Waals surface area contributed by atoms with Crippen molar-refractivity contribution < 1.29 is 19.2 Å². The van der Waals surface area contributed by atoms with Crippen molar-refractivity contribution in [3.8, 4) is 0 Å². The highest BCUT2D eigenvalue weighted by Gasteiger charge is 2.24. The van der Waals surface area contributed by atoms with E-state index in [2.05, 4.69) is 27.2 Å². The predicted molar refractivity (Wildman–Crippen MR) is 137 cm³/mol. The quantitative estimate of drug-likeness (QED) is 0.286. The standard InChI is InChI=1S/C27H28N4O5/c1-2-36-27(33)21-12-13-25(30-16-14-29(15-17-30)19-20-8-4-3-5-9-20)23(18-21)28-26(32)22-10-6-7-11-24(22)31(34)35/h3-13,18H,2,14-17,19H2,1H3,(H,28,32). The lowest BCUT2D eigenvalue weighted by molar-refractivity contribution is -0.385. The molecular weight excluding hydrogens is 460 g/mol. The molecule has 0 spiro atoms. The fourth-order valence-corrected chi connectivity index (χ4v) is 4.26. The smallest absolute Gasteiger partial charge is 0.338 e. The number of nitro groups is 1. The van der Waals surface area contributed by atoms with Crippen LogP contribution in [0.4, 0.5) is 17.1 Å². The zero-order valence-electron chi connectivity index (χ0n) is 20.1. The van der Waals surface area contributed by atoms with Gasteiger partial charge in [0, 0.05) is 38.8 Å². The number of benzene rings is 3. The van der Waals surface area contributed by atoms with E-state index in [1.165, 1.54) is 23.8 Å². The minimum atomic E-state index is -0.618. The Morgan fingerprint density at radius 1 is 0.972 bits per heavy atom. The average molecular weight is 489 g/mol. The number of amides is 1. The molecule has 0 aromatic heterocycles. The van der Waals surface area contributed by atoms with Gasteiger partial charge in [-0.2, -0.15) is 0 Å². The van der Waals surface area contributed by atoms with Crippen molar-refractivity contribution in [2.75, 3.05) is 43.0 Å². The SMILES string of the molecule is CCOC(=O)c1ccc(N2CCN(Cc3ccccc3)CC2)c(NC(=O)c2ccccc2[N+](=O)[O-])c1.